The van der Waals surface area contributed by atoms with Crippen LogP contribution in [0.3, 0.4) is 0 Å². The van der Waals surface area contributed by atoms with Gasteiger partial charge in [0.05, 0.1) is 22.2 Å². The first-order chi connectivity index (χ1) is 13.7. The lowest BCUT2D eigenvalue weighted by Crippen LogP contribution is -2.06. The number of hydrogen-bond acceptors (Lipinski definition) is 3. The van der Waals surface area contributed by atoms with Crippen LogP contribution < -0.4 is 0 Å². The predicted octanol–water partition coefficient (Wildman–Crippen LogP) is 5.07. The van der Waals surface area contributed by atoms with E-state index in [-0.39, 0.29) is 11.6 Å². The molecular formula is C24H16N2O2. The van der Waals surface area contributed by atoms with Crippen LogP contribution in [-0.2, 0) is 0 Å². The zero-order chi connectivity index (χ0) is 19.3. The SMILES string of the molecule is CC(=O)c1cc(C(=O)c2ccccc2)n2c3ccccc3c3cccnc3c12. The number of pyridine rings is 2. The number of ketones is 2. The molecule has 5 aromatic rings. The number of fused-ring (bicyclic) bond motifs is 6. The summed E-state index contributed by atoms with van der Waals surface area (Å²) >= 11 is 0. The van der Waals surface area contributed by atoms with Gasteiger partial charge in [0.25, 0.3) is 0 Å². The van der Waals surface area contributed by atoms with Crippen molar-refractivity contribution in [1.29, 1.82) is 0 Å². The zero-order valence-corrected chi connectivity index (χ0v) is 15.2. The quantitative estimate of drug-likeness (QED) is 0.332. The molecule has 0 aliphatic rings. The van der Waals surface area contributed by atoms with E-state index < -0.39 is 0 Å². The second-order valence-corrected chi connectivity index (χ2v) is 6.80. The lowest BCUT2D eigenvalue weighted by atomic mass is 10.1. The average molecular weight is 364 g/mol. The van der Waals surface area contributed by atoms with Crippen molar-refractivity contribution in [3.8, 4) is 0 Å². The molecule has 3 heterocycles. The van der Waals surface area contributed by atoms with Gasteiger partial charge in [0, 0.05) is 28.1 Å². The maximum absolute atomic E-state index is 13.3. The summed E-state index contributed by atoms with van der Waals surface area (Å²) in [5.41, 5.74) is 3.84. The molecular weight excluding hydrogens is 348 g/mol. The molecule has 0 aliphatic heterocycles. The Labute approximate surface area is 161 Å². The molecule has 0 fully saturated rings. The molecule has 0 radical (unpaired) electrons. The fourth-order valence-electron chi connectivity index (χ4n) is 3.87. The Morgan fingerprint density at radius 3 is 2.36 bits per heavy atom. The lowest BCUT2D eigenvalue weighted by molar-refractivity contribution is 0.101. The van der Waals surface area contributed by atoms with E-state index in [1.54, 1.807) is 24.4 Å². The first kappa shape index (κ1) is 16.4. The number of benzene rings is 2. The summed E-state index contributed by atoms with van der Waals surface area (Å²) in [5.74, 6) is -0.213. The molecule has 3 aromatic heterocycles. The zero-order valence-electron chi connectivity index (χ0n) is 15.2. The molecule has 0 saturated heterocycles. The van der Waals surface area contributed by atoms with Gasteiger partial charge in [0.15, 0.2) is 5.78 Å². The summed E-state index contributed by atoms with van der Waals surface area (Å²) in [4.78, 5) is 30.3. The minimum Gasteiger partial charge on any atom is -0.303 e. The maximum atomic E-state index is 13.3. The second-order valence-electron chi connectivity index (χ2n) is 6.80. The van der Waals surface area contributed by atoms with Crippen LogP contribution in [0.5, 0.6) is 0 Å². The van der Waals surface area contributed by atoms with E-state index in [1.807, 2.05) is 59.0 Å². The fraction of sp³-hybridized carbons (Fsp3) is 0.0417. The molecule has 0 amide bonds. The predicted molar refractivity (Wildman–Crippen MR) is 110 cm³/mol. The van der Waals surface area contributed by atoms with Gasteiger partial charge in [0.2, 0.25) is 5.78 Å². The van der Waals surface area contributed by atoms with Crippen molar-refractivity contribution < 1.29 is 9.59 Å². The number of hydrogen-bond donors (Lipinski definition) is 0. The van der Waals surface area contributed by atoms with E-state index in [1.165, 1.54) is 6.92 Å². The van der Waals surface area contributed by atoms with Gasteiger partial charge in [-0.15, -0.1) is 0 Å². The van der Waals surface area contributed by atoms with Gasteiger partial charge in [-0.05, 0) is 25.1 Å². The highest BCUT2D eigenvalue weighted by Gasteiger charge is 2.23. The molecule has 2 aromatic carbocycles. The van der Waals surface area contributed by atoms with Gasteiger partial charge < -0.3 is 4.40 Å². The minimum atomic E-state index is -0.122. The average Bonchev–Trinajstić information content (AvgIpc) is 3.15. The molecule has 0 aliphatic carbocycles. The first-order valence-corrected chi connectivity index (χ1v) is 9.08. The van der Waals surface area contributed by atoms with Crippen molar-refractivity contribution in [3.05, 3.63) is 95.8 Å². The Balaban J connectivity index is 2.01. The molecule has 0 N–H and O–H groups in total. The molecule has 0 spiro atoms. The summed E-state index contributed by atoms with van der Waals surface area (Å²) < 4.78 is 1.89. The van der Waals surface area contributed by atoms with Crippen molar-refractivity contribution in [2.75, 3.05) is 0 Å². The minimum absolute atomic E-state index is 0.0909. The third-order valence-electron chi connectivity index (χ3n) is 5.12. The topological polar surface area (TPSA) is 51.4 Å². The molecule has 134 valence electrons. The first-order valence-electron chi connectivity index (χ1n) is 9.08. The molecule has 0 unspecified atom stereocenters. The summed E-state index contributed by atoms with van der Waals surface area (Å²) in [6.07, 6.45) is 1.71. The Morgan fingerprint density at radius 2 is 1.57 bits per heavy atom. The van der Waals surface area contributed by atoms with Crippen LogP contribution in [0.25, 0.3) is 27.3 Å². The molecule has 28 heavy (non-hydrogen) atoms. The van der Waals surface area contributed by atoms with Crippen LogP contribution in [0.4, 0.5) is 0 Å². The van der Waals surface area contributed by atoms with Gasteiger partial charge in [-0.3, -0.25) is 14.6 Å². The van der Waals surface area contributed by atoms with Crippen molar-refractivity contribution in [2.45, 2.75) is 6.92 Å². The van der Waals surface area contributed by atoms with Crippen molar-refractivity contribution in [3.63, 3.8) is 0 Å². The number of carbonyl (C=O) groups excluding carboxylic acids is 2. The van der Waals surface area contributed by atoms with Gasteiger partial charge in [-0.2, -0.15) is 0 Å². The van der Waals surface area contributed by atoms with Gasteiger partial charge in [-0.1, -0.05) is 54.6 Å². The van der Waals surface area contributed by atoms with Gasteiger partial charge in [-0.25, -0.2) is 0 Å². The van der Waals surface area contributed by atoms with Crippen LogP contribution in [0, 0.1) is 0 Å². The third-order valence-corrected chi connectivity index (χ3v) is 5.12. The van der Waals surface area contributed by atoms with Crippen LogP contribution in [-0.4, -0.2) is 21.0 Å². The molecule has 4 nitrogen and oxygen atoms in total. The molecule has 0 saturated carbocycles. The number of carbonyl (C=O) groups is 2. The van der Waals surface area contributed by atoms with Gasteiger partial charge >= 0.3 is 0 Å². The highest BCUT2D eigenvalue weighted by atomic mass is 16.1. The number of nitrogens with zero attached hydrogens (tertiary/aromatic N) is 2. The van der Waals surface area contributed by atoms with Crippen LogP contribution in [0.2, 0.25) is 0 Å². The lowest BCUT2D eigenvalue weighted by Gasteiger charge is -2.11. The standard InChI is InChI=1S/C24H16N2O2/c1-15(27)19-14-21(24(28)16-8-3-2-4-9-16)26-20-12-6-5-10-17(20)18-11-7-13-25-22(18)23(19)26/h2-14H,1H3. The highest BCUT2D eigenvalue weighted by Crippen LogP contribution is 2.33. The van der Waals surface area contributed by atoms with Crippen LogP contribution >= 0.6 is 0 Å². The normalized spacial score (nSPS) is 11.3. The van der Waals surface area contributed by atoms with Crippen molar-refractivity contribution in [1.82, 2.24) is 9.38 Å². The molecule has 4 heteroatoms. The number of para-hydroxylation sites is 1. The third kappa shape index (κ3) is 2.28. The Morgan fingerprint density at radius 1 is 0.857 bits per heavy atom. The van der Waals surface area contributed by atoms with Gasteiger partial charge in [0.1, 0.15) is 0 Å². The van der Waals surface area contributed by atoms with E-state index in [9.17, 15) is 9.59 Å². The monoisotopic (exact) mass is 364 g/mol. The summed E-state index contributed by atoms with van der Waals surface area (Å²) in [6, 6.07) is 22.6. The highest BCUT2D eigenvalue weighted by molar-refractivity contribution is 6.20. The number of Topliss-reactive ketones (excluding diaryl/α,β-unsaturated/α-hetero) is 1. The molecule has 0 bridgehead atoms. The summed E-state index contributed by atoms with van der Waals surface area (Å²) in [7, 11) is 0. The fourth-order valence-corrected chi connectivity index (χ4v) is 3.87. The largest absolute Gasteiger partial charge is 0.303 e. The van der Waals surface area contributed by atoms with Crippen molar-refractivity contribution >= 4 is 38.9 Å². The summed E-state index contributed by atoms with van der Waals surface area (Å²) in [6.45, 7) is 1.52. The Kier molecular flexibility index (Phi) is 3.59. The van der Waals surface area contributed by atoms with E-state index in [0.29, 0.717) is 22.3 Å². The summed E-state index contributed by atoms with van der Waals surface area (Å²) in [5, 5.41) is 1.95. The smallest absolute Gasteiger partial charge is 0.209 e. The van der Waals surface area contributed by atoms with E-state index in [0.717, 1.165) is 21.8 Å². The second kappa shape index (κ2) is 6.13. The van der Waals surface area contributed by atoms with Crippen LogP contribution in [0.15, 0.2) is 79.0 Å². The number of aromatic nitrogens is 2. The molecule has 0 atom stereocenters. The maximum Gasteiger partial charge on any atom is 0.209 e. The van der Waals surface area contributed by atoms with E-state index >= 15 is 0 Å². The van der Waals surface area contributed by atoms with E-state index in [2.05, 4.69) is 4.98 Å². The molecule has 5 rings (SSSR count). The van der Waals surface area contributed by atoms with Crippen molar-refractivity contribution in [2.24, 2.45) is 0 Å². The Hall–Kier alpha value is -3.79. The van der Waals surface area contributed by atoms with Crippen LogP contribution in [0.1, 0.15) is 33.3 Å². The van der Waals surface area contributed by atoms with E-state index in [4.69, 9.17) is 0 Å². The Bertz CT molecular complexity index is 1400. The number of rotatable bonds is 3.